The molecule has 3 rings (SSSR count). The van der Waals surface area contributed by atoms with Gasteiger partial charge in [0.1, 0.15) is 11.5 Å². The van der Waals surface area contributed by atoms with E-state index in [0.717, 1.165) is 22.6 Å². The Hall–Kier alpha value is -3.22. The quantitative estimate of drug-likeness (QED) is 0.771. The minimum atomic E-state index is -0.286. The minimum Gasteiger partial charge on any atom is -0.497 e. The number of benzene rings is 2. The molecule has 0 aliphatic carbocycles. The van der Waals surface area contributed by atoms with Crippen molar-refractivity contribution in [2.45, 2.75) is 18.9 Å². The topological polar surface area (TPSA) is 71.1 Å². The van der Waals surface area contributed by atoms with Crippen molar-refractivity contribution in [3.8, 4) is 11.5 Å². The van der Waals surface area contributed by atoms with E-state index in [9.17, 15) is 9.59 Å². The van der Waals surface area contributed by atoms with Crippen LogP contribution in [0.15, 0.2) is 48.5 Å². The van der Waals surface area contributed by atoms with Crippen LogP contribution in [0.5, 0.6) is 11.5 Å². The van der Waals surface area contributed by atoms with E-state index in [-0.39, 0.29) is 23.9 Å². The number of likely N-dealkylation sites (tertiary alicyclic amines) is 1. The average molecular weight is 426 g/mol. The van der Waals surface area contributed by atoms with Gasteiger partial charge in [-0.15, -0.1) is 0 Å². The van der Waals surface area contributed by atoms with Crippen molar-refractivity contribution in [1.82, 2.24) is 15.1 Å². The maximum absolute atomic E-state index is 13.1. The largest absolute Gasteiger partial charge is 0.497 e. The average Bonchev–Trinajstić information content (AvgIpc) is 2.82. The number of hydrogen-bond acceptors (Lipinski definition) is 4. The van der Waals surface area contributed by atoms with Gasteiger partial charge in [-0.1, -0.05) is 24.3 Å². The smallest absolute Gasteiger partial charge is 0.319 e. The second kappa shape index (κ2) is 10.2. The highest BCUT2D eigenvalue weighted by Gasteiger charge is 2.29. The zero-order valence-corrected chi connectivity index (χ0v) is 18.6. The molecule has 0 atom stereocenters. The van der Waals surface area contributed by atoms with Gasteiger partial charge >= 0.3 is 6.03 Å². The van der Waals surface area contributed by atoms with Crippen molar-refractivity contribution in [1.29, 1.82) is 0 Å². The summed E-state index contributed by atoms with van der Waals surface area (Å²) in [6, 6.07) is 15.1. The summed E-state index contributed by atoms with van der Waals surface area (Å²) in [7, 11) is 6.75. The van der Waals surface area contributed by atoms with Crippen LogP contribution in [0.25, 0.3) is 0 Å². The van der Waals surface area contributed by atoms with Crippen LogP contribution in [0.3, 0.4) is 0 Å². The SMILES string of the molecule is COc1ccc(C(NC(=O)C2CCN(C(=O)N(C)C)CC2)c2ccc(OC)cc2)cc1. The van der Waals surface area contributed by atoms with Crippen LogP contribution in [0, 0.1) is 5.92 Å². The molecule has 0 radical (unpaired) electrons. The summed E-state index contributed by atoms with van der Waals surface area (Å²) in [4.78, 5) is 28.7. The molecule has 31 heavy (non-hydrogen) atoms. The molecule has 166 valence electrons. The van der Waals surface area contributed by atoms with Crippen LogP contribution >= 0.6 is 0 Å². The van der Waals surface area contributed by atoms with Crippen LogP contribution in [0.1, 0.15) is 30.0 Å². The Kier molecular flexibility index (Phi) is 7.39. The van der Waals surface area contributed by atoms with E-state index < -0.39 is 0 Å². The van der Waals surface area contributed by atoms with Crippen molar-refractivity contribution in [3.63, 3.8) is 0 Å². The highest BCUT2D eigenvalue weighted by Crippen LogP contribution is 2.27. The van der Waals surface area contributed by atoms with Gasteiger partial charge in [0, 0.05) is 33.1 Å². The number of hydrogen-bond donors (Lipinski definition) is 1. The van der Waals surface area contributed by atoms with Crippen LogP contribution < -0.4 is 14.8 Å². The second-order valence-electron chi connectivity index (χ2n) is 7.93. The summed E-state index contributed by atoms with van der Waals surface area (Å²) in [6.45, 7) is 1.18. The molecule has 3 amide bonds. The van der Waals surface area contributed by atoms with E-state index in [1.165, 1.54) is 0 Å². The molecule has 2 aromatic rings. The lowest BCUT2D eigenvalue weighted by Gasteiger charge is -2.33. The third-order valence-corrected chi connectivity index (χ3v) is 5.70. The summed E-state index contributed by atoms with van der Waals surface area (Å²) in [5.41, 5.74) is 1.94. The monoisotopic (exact) mass is 425 g/mol. The van der Waals surface area contributed by atoms with Gasteiger partial charge < -0.3 is 24.6 Å². The molecule has 1 heterocycles. The van der Waals surface area contributed by atoms with E-state index in [1.54, 1.807) is 38.1 Å². The number of ether oxygens (including phenoxy) is 2. The van der Waals surface area contributed by atoms with Gasteiger partial charge in [0.25, 0.3) is 0 Å². The molecule has 1 fully saturated rings. The molecule has 0 saturated carbocycles. The van der Waals surface area contributed by atoms with Gasteiger partial charge in [0.05, 0.1) is 20.3 Å². The number of nitrogens with zero attached hydrogens (tertiary/aromatic N) is 2. The number of piperidine rings is 1. The summed E-state index contributed by atoms with van der Waals surface area (Å²) in [5, 5.41) is 3.23. The Morgan fingerprint density at radius 1 is 0.903 bits per heavy atom. The van der Waals surface area contributed by atoms with Crippen molar-refractivity contribution in [2.75, 3.05) is 41.4 Å². The van der Waals surface area contributed by atoms with Crippen LogP contribution in [-0.2, 0) is 4.79 Å². The van der Waals surface area contributed by atoms with E-state index in [2.05, 4.69) is 5.32 Å². The zero-order chi connectivity index (χ0) is 22.4. The number of carbonyl (C=O) groups is 2. The van der Waals surface area contributed by atoms with Crippen molar-refractivity contribution < 1.29 is 19.1 Å². The lowest BCUT2D eigenvalue weighted by atomic mass is 9.93. The van der Waals surface area contributed by atoms with E-state index in [0.29, 0.717) is 25.9 Å². The first-order chi connectivity index (χ1) is 14.9. The highest BCUT2D eigenvalue weighted by molar-refractivity contribution is 5.80. The molecule has 0 bridgehead atoms. The lowest BCUT2D eigenvalue weighted by Crippen LogP contribution is -2.46. The number of carbonyl (C=O) groups excluding carboxylic acids is 2. The molecule has 1 aliphatic rings. The van der Waals surface area contributed by atoms with Crippen LogP contribution in [-0.4, -0.2) is 63.1 Å². The number of rotatable bonds is 6. The third-order valence-electron chi connectivity index (χ3n) is 5.70. The van der Waals surface area contributed by atoms with E-state index in [1.807, 2.05) is 48.5 Å². The highest BCUT2D eigenvalue weighted by atomic mass is 16.5. The predicted molar refractivity (Wildman–Crippen MR) is 119 cm³/mol. The molecule has 7 nitrogen and oxygen atoms in total. The van der Waals surface area contributed by atoms with E-state index >= 15 is 0 Å². The third kappa shape index (κ3) is 5.48. The molecule has 1 saturated heterocycles. The molecule has 0 unspecified atom stereocenters. The first-order valence-corrected chi connectivity index (χ1v) is 10.5. The predicted octanol–water partition coefficient (Wildman–Crippen LogP) is 3.30. The fourth-order valence-corrected chi connectivity index (χ4v) is 3.83. The Balaban J connectivity index is 1.75. The van der Waals surface area contributed by atoms with Gasteiger partial charge in [-0.05, 0) is 48.2 Å². The summed E-state index contributed by atoms with van der Waals surface area (Å²) < 4.78 is 10.5. The fourth-order valence-electron chi connectivity index (χ4n) is 3.83. The number of urea groups is 1. The fraction of sp³-hybridized carbons (Fsp3) is 0.417. The second-order valence-corrected chi connectivity index (χ2v) is 7.93. The van der Waals surface area contributed by atoms with E-state index in [4.69, 9.17) is 9.47 Å². The maximum Gasteiger partial charge on any atom is 0.319 e. The van der Waals surface area contributed by atoms with Crippen molar-refractivity contribution >= 4 is 11.9 Å². The molecule has 1 aliphatic heterocycles. The normalized spacial score (nSPS) is 14.3. The van der Waals surface area contributed by atoms with Crippen molar-refractivity contribution in [3.05, 3.63) is 59.7 Å². The Morgan fingerprint density at radius 3 is 1.74 bits per heavy atom. The number of amides is 3. The van der Waals surface area contributed by atoms with Gasteiger partial charge in [0.2, 0.25) is 5.91 Å². The number of methoxy groups -OCH3 is 2. The molecule has 0 aromatic heterocycles. The first-order valence-electron chi connectivity index (χ1n) is 10.5. The Bertz CT molecular complexity index is 825. The minimum absolute atomic E-state index is 0.00630. The molecular formula is C24H31N3O4. The van der Waals surface area contributed by atoms with Crippen molar-refractivity contribution in [2.24, 2.45) is 5.92 Å². The van der Waals surface area contributed by atoms with Gasteiger partial charge in [-0.3, -0.25) is 4.79 Å². The molecule has 2 aromatic carbocycles. The first kappa shape index (κ1) is 22.5. The lowest BCUT2D eigenvalue weighted by molar-refractivity contribution is -0.126. The molecule has 0 spiro atoms. The molecular weight excluding hydrogens is 394 g/mol. The zero-order valence-electron chi connectivity index (χ0n) is 18.6. The van der Waals surface area contributed by atoms with Gasteiger partial charge in [-0.25, -0.2) is 4.79 Å². The van der Waals surface area contributed by atoms with Crippen LogP contribution in [0.4, 0.5) is 4.79 Å². The number of nitrogens with one attached hydrogen (secondary N) is 1. The summed E-state index contributed by atoms with van der Waals surface area (Å²) in [6.07, 6.45) is 1.31. The molecule has 1 N–H and O–H groups in total. The standard InChI is InChI=1S/C24H31N3O4/c1-26(2)24(29)27-15-13-19(14-16-27)23(28)25-22(17-5-9-20(30-3)10-6-17)18-7-11-21(31-4)12-8-18/h5-12,19,22H,13-16H2,1-4H3,(H,25,28). The Labute approximate surface area is 183 Å². The maximum atomic E-state index is 13.1. The van der Waals surface area contributed by atoms with Gasteiger partial charge in [0.15, 0.2) is 0 Å². The summed E-state index contributed by atoms with van der Waals surface area (Å²) in [5.74, 6) is 1.42. The van der Waals surface area contributed by atoms with Crippen LogP contribution in [0.2, 0.25) is 0 Å². The van der Waals surface area contributed by atoms with Gasteiger partial charge in [-0.2, -0.15) is 0 Å². The molecule has 7 heteroatoms. The summed E-state index contributed by atoms with van der Waals surface area (Å²) >= 11 is 0. The Morgan fingerprint density at radius 2 is 1.35 bits per heavy atom.